The van der Waals surface area contributed by atoms with E-state index in [1.165, 1.54) is 23.8 Å². The Morgan fingerprint density at radius 1 is 1.24 bits per heavy atom. The van der Waals surface area contributed by atoms with Crippen molar-refractivity contribution in [2.24, 2.45) is 4.99 Å². The lowest BCUT2D eigenvalue weighted by Gasteiger charge is -2.04. The third-order valence-electron chi connectivity index (χ3n) is 3.69. The Bertz CT molecular complexity index is 881. The summed E-state index contributed by atoms with van der Waals surface area (Å²) >= 11 is 1.31. The number of methoxy groups -OCH3 is 1. The number of likely N-dealkylation sites (N-methyl/N-ethyl adjacent to an activating group) is 1. The molecule has 25 heavy (non-hydrogen) atoms. The SMILES string of the molecule is CN=C1SC(=Cc2ccc(-c3ccc(C(=O)OC)cc3)o2)C(=O)N1C. The van der Waals surface area contributed by atoms with Crippen LogP contribution in [0.25, 0.3) is 17.4 Å². The van der Waals surface area contributed by atoms with Gasteiger partial charge in [-0.25, -0.2) is 4.79 Å². The molecule has 0 unspecified atom stereocenters. The van der Waals surface area contributed by atoms with Gasteiger partial charge in [0.05, 0.1) is 17.6 Å². The van der Waals surface area contributed by atoms with E-state index < -0.39 is 0 Å². The molecule has 1 aliphatic heterocycles. The first-order chi connectivity index (χ1) is 12.0. The summed E-state index contributed by atoms with van der Waals surface area (Å²) in [6.07, 6.45) is 1.70. The van der Waals surface area contributed by atoms with Gasteiger partial charge >= 0.3 is 5.97 Å². The molecule has 7 heteroatoms. The minimum absolute atomic E-state index is 0.106. The molecule has 1 aromatic carbocycles. The molecular weight excluding hydrogens is 340 g/mol. The highest BCUT2D eigenvalue weighted by Gasteiger charge is 2.30. The van der Waals surface area contributed by atoms with Crippen LogP contribution < -0.4 is 0 Å². The molecule has 0 bridgehead atoms. The number of thioether (sulfide) groups is 1. The fraction of sp³-hybridized carbons (Fsp3) is 0.167. The van der Waals surface area contributed by atoms with Crippen molar-refractivity contribution >= 4 is 34.9 Å². The van der Waals surface area contributed by atoms with Gasteiger partial charge in [-0.1, -0.05) is 12.1 Å². The third kappa shape index (κ3) is 3.36. The van der Waals surface area contributed by atoms with E-state index in [2.05, 4.69) is 9.73 Å². The second kappa shape index (κ2) is 6.98. The topological polar surface area (TPSA) is 72.1 Å². The quantitative estimate of drug-likeness (QED) is 0.623. The summed E-state index contributed by atoms with van der Waals surface area (Å²) in [6, 6.07) is 10.5. The number of amides is 1. The van der Waals surface area contributed by atoms with Gasteiger partial charge in [-0.2, -0.15) is 0 Å². The van der Waals surface area contributed by atoms with Crippen molar-refractivity contribution in [1.29, 1.82) is 0 Å². The third-order valence-corrected chi connectivity index (χ3v) is 4.84. The van der Waals surface area contributed by atoms with Crippen LogP contribution in [-0.2, 0) is 9.53 Å². The smallest absolute Gasteiger partial charge is 0.337 e. The van der Waals surface area contributed by atoms with Gasteiger partial charge in [0, 0.05) is 25.7 Å². The van der Waals surface area contributed by atoms with Crippen LogP contribution in [0.5, 0.6) is 0 Å². The molecule has 0 atom stereocenters. The standard InChI is InChI=1S/C18H16N2O4S/c1-19-18-20(2)16(21)15(25-18)10-13-8-9-14(24-13)11-4-6-12(7-5-11)17(22)23-3/h4-10H,1-3H3. The summed E-state index contributed by atoms with van der Waals surface area (Å²) in [4.78, 5) is 29.8. The van der Waals surface area contributed by atoms with Crippen molar-refractivity contribution in [3.63, 3.8) is 0 Å². The Morgan fingerprint density at radius 2 is 1.96 bits per heavy atom. The second-order valence-corrected chi connectivity index (χ2v) is 6.26. The van der Waals surface area contributed by atoms with E-state index in [4.69, 9.17) is 4.42 Å². The first kappa shape index (κ1) is 17.0. The van der Waals surface area contributed by atoms with Gasteiger partial charge in [-0.15, -0.1) is 0 Å². The summed E-state index contributed by atoms with van der Waals surface area (Å²) in [5, 5.41) is 0.654. The van der Waals surface area contributed by atoms with Crippen molar-refractivity contribution in [3.8, 4) is 11.3 Å². The number of carbonyl (C=O) groups excluding carboxylic acids is 2. The minimum atomic E-state index is -0.384. The molecule has 1 saturated heterocycles. The molecule has 128 valence electrons. The van der Waals surface area contributed by atoms with Crippen LogP contribution in [0, 0.1) is 0 Å². The van der Waals surface area contributed by atoms with Gasteiger partial charge in [0.15, 0.2) is 5.17 Å². The van der Waals surface area contributed by atoms with E-state index in [1.807, 2.05) is 6.07 Å². The second-order valence-electron chi connectivity index (χ2n) is 5.25. The fourth-order valence-corrected chi connectivity index (χ4v) is 3.26. The number of furan rings is 1. The maximum absolute atomic E-state index is 12.2. The maximum atomic E-state index is 12.2. The number of hydrogen-bond donors (Lipinski definition) is 0. The predicted molar refractivity (Wildman–Crippen MR) is 97.2 cm³/mol. The molecule has 0 spiro atoms. The summed E-state index contributed by atoms with van der Waals surface area (Å²) in [5.74, 6) is 0.738. The van der Waals surface area contributed by atoms with Gasteiger partial charge in [0.2, 0.25) is 0 Å². The first-order valence-electron chi connectivity index (χ1n) is 7.46. The molecule has 6 nitrogen and oxygen atoms in total. The first-order valence-corrected chi connectivity index (χ1v) is 8.28. The average molecular weight is 356 g/mol. The number of ether oxygens (including phenoxy) is 1. The molecular formula is C18H16N2O4S. The molecule has 3 rings (SSSR count). The van der Waals surface area contributed by atoms with Crippen LogP contribution in [-0.4, -0.2) is 43.1 Å². The molecule has 2 heterocycles. The number of carbonyl (C=O) groups is 2. The minimum Gasteiger partial charge on any atom is -0.465 e. The van der Waals surface area contributed by atoms with Gasteiger partial charge in [0.25, 0.3) is 5.91 Å². The van der Waals surface area contributed by atoms with Crippen LogP contribution >= 0.6 is 11.8 Å². The Balaban J connectivity index is 1.82. The Labute approximate surface area is 149 Å². The zero-order chi connectivity index (χ0) is 18.0. The van der Waals surface area contributed by atoms with Crippen LogP contribution in [0.4, 0.5) is 0 Å². The van der Waals surface area contributed by atoms with Gasteiger partial charge in [0.1, 0.15) is 11.5 Å². The molecule has 1 fully saturated rings. The van der Waals surface area contributed by atoms with Crippen molar-refractivity contribution in [3.05, 3.63) is 52.6 Å². The fourth-order valence-electron chi connectivity index (χ4n) is 2.35. The Hall–Kier alpha value is -2.80. The molecule has 0 saturated carbocycles. The van der Waals surface area contributed by atoms with Crippen LogP contribution in [0.2, 0.25) is 0 Å². The number of amidine groups is 1. The predicted octanol–water partition coefficient (Wildman–Crippen LogP) is 3.27. The summed E-state index contributed by atoms with van der Waals surface area (Å²) in [5.41, 5.74) is 1.30. The van der Waals surface area contributed by atoms with Gasteiger partial charge in [-0.3, -0.25) is 14.7 Å². The summed E-state index contributed by atoms with van der Waals surface area (Å²) in [7, 11) is 4.68. The zero-order valence-corrected chi connectivity index (χ0v) is 14.8. The van der Waals surface area contributed by atoms with E-state index in [1.54, 1.807) is 50.5 Å². The Morgan fingerprint density at radius 3 is 2.56 bits per heavy atom. The highest BCUT2D eigenvalue weighted by molar-refractivity contribution is 8.18. The lowest BCUT2D eigenvalue weighted by atomic mass is 10.1. The van der Waals surface area contributed by atoms with Crippen LogP contribution in [0.3, 0.4) is 0 Å². The number of aliphatic imine (C=N–C) groups is 1. The number of rotatable bonds is 3. The lowest BCUT2D eigenvalue weighted by Crippen LogP contribution is -2.23. The molecule has 1 aromatic heterocycles. The maximum Gasteiger partial charge on any atom is 0.337 e. The lowest BCUT2D eigenvalue weighted by molar-refractivity contribution is -0.121. The Kier molecular flexibility index (Phi) is 4.76. The monoisotopic (exact) mass is 356 g/mol. The number of nitrogens with zero attached hydrogens (tertiary/aromatic N) is 2. The van der Waals surface area contributed by atoms with Gasteiger partial charge < -0.3 is 9.15 Å². The molecule has 0 aliphatic carbocycles. The molecule has 1 aliphatic rings. The highest BCUT2D eigenvalue weighted by atomic mass is 32.2. The van der Waals surface area contributed by atoms with Crippen LogP contribution in [0.15, 0.2) is 50.7 Å². The summed E-state index contributed by atoms with van der Waals surface area (Å²) in [6.45, 7) is 0. The van der Waals surface area contributed by atoms with E-state index in [0.29, 0.717) is 27.2 Å². The highest BCUT2D eigenvalue weighted by Crippen LogP contribution is 2.32. The zero-order valence-electron chi connectivity index (χ0n) is 14.0. The van der Waals surface area contributed by atoms with E-state index in [0.717, 1.165) is 5.56 Å². The molecule has 1 amide bonds. The molecule has 0 radical (unpaired) electrons. The normalized spacial score (nSPS) is 17.6. The van der Waals surface area contributed by atoms with Crippen molar-refractivity contribution < 1.29 is 18.7 Å². The van der Waals surface area contributed by atoms with Crippen molar-refractivity contribution in [1.82, 2.24) is 4.90 Å². The van der Waals surface area contributed by atoms with Gasteiger partial charge in [-0.05, 0) is 36.0 Å². The van der Waals surface area contributed by atoms with E-state index in [9.17, 15) is 9.59 Å². The van der Waals surface area contributed by atoms with E-state index >= 15 is 0 Å². The molecule has 0 N–H and O–H groups in total. The molecule has 2 aromatic rings. The number of hydrogen-bond acceptors (Lipinski definition) is 6. The van der Waals surface area contributed by atoms with Crippen molar-refractivity contribution in [2.75, 3.05) is 21.2 Å². The average Bonchev–Trinajstić information content (AvgIpc) is 3.21. The number of benzene rings is 1. The van der Waals surface area contributed by atoms with Crippen LogP contribution in [0.1, 0.15) is 16.1 Å². The van der Waals surface area contributed by atoms with E-state index in [-0.39, 0.29) is 11.9 Å². The number of esters is 1. The largest absolute Gasteiger partial charge is 0.465 e. The summed E-state index contributed by atoms with van der Waals surface area (Å²) < 4.78 is 10.5. The van der Waals surface area contributed by atoms with Crippen molar-refractivity contribution in [2.45, 2.75) is 0 Å².